The van der Waals surface area contributed by atoms with E-state index in [9.17, 15) is 0 Å². The van der Waals surface area contributed by atoms with Crippen LogP contribution >= 0.6 is 15.9 Å². The number of H-pyrrole nitrogens is 1. The molecule has 0 aliphatic rings. The molecule has 0 aliphatic carbocycles. The van der Waals surface area contributed by atoms with Crippen LogP contribution < -0.4 is 5.32 Å². The molecule has 0 saturated carbocycles. The second-order valence-corrected chi connectivity index (χ2v) is 5.13. The van der Waals surface area contributed by atoms with Gasteiger partial charge in [-0.15, -0.1) is 0 Å². The Morgan fingerprint density at radius 3 is 2.67 bits per heavy atom. The number of nitrogens with one attached hydrogen (secondary N) is 2. The monoisotopic (exact) mass is 300 g/mol. The standard InChI is InChI=1S/C15H13BrN2/c16-12-4-6-13(7-5-12)18-10-11-2-1-3-15-14(11)8-9-17-15/h1-9,17-18H,10H2. The molecule has 0 spiro atoms. The first-order chi connectivity index (χ1) is 8.83. The van der Waals surface area contributed by atoms with Gasteiger partial charge in [0, 0.05) is 33.8 Å². The summed E-state index contributed by atoms with van der Waals surface area (Å²) >= 11 is 3.44. The van der Waals surface area contributed by atoms with Crippen molar-refractivity contribution in [3.63, 3.8) is 0 Å². The average Bonchev–Trinajstić information content (AvgIpc) is 2.87. The van der Waals surface area contributed by atoms with Gasteiger partial charge in [0.2, 0.25) is 0 Å². The van der Waals surface area contributed by atoms with E-state index in [1.165, 1.54) is 16.5 Å². The van der Waals surface area contributed by atoms with Crippen LogP contribution in [0.2, 0.25) is 0 Å². The molecular formula is C15H13BrN2. The zero-order valence-corrected chi connectivity index (χ0v) is 11.4. The van der Waals surface area contributed by atoms with Crippen LogP contribution in [-0.4, -0.2) is 4.98 Å². The average molecular weight is 301 g/mol. The lowest BCUT2D eigenvalue weighted by Crippen LogP contribution is -1.99. The number of fused-ring (bicyclic) bond motifs is 1. The van der Waals surface area contributed by atoms with Crippen LogP contribution in [0.3, 0.4) is 0 Å². The largest absolute Gasteiger partial charge is 0.381 e. The van der Waals surface area contributed by atoms with E-state index >= 15 is 0 Å². The maximum atomic E-state index is 3.44. The molecule has 0 atom stereocenters. The highest BCUT2D eigenvalue weighted by atomic mass is 79.9. The van der Waals surface area contributed by atoms with Crippen LogP contribution in [0.5, 0.6) is 0 Å². The molecule has 0 unspecified atom stereocenters. The topological polar surface area (TPSA) is 27.8 Å². The Kier molecular flexibility index (Phi) is 3.07. The van der Waals surface area contributed by atoms with Gasteiger partial charge < -0.3 is 10.3 Å². The lowest BCUT2D eigenvalue weighted by Gasteiger charge is -2.07. The molecule has 3 heteroatoms. The highest BCUT2D eigenvalue weighted by Crippen LogP contribution is 2.19. The molecule has 2 nitrogen and oxygen atoms in total. The summed E-state index contributed by atoms with van der Waals surface area (Å²) in [6.45, 7) is 0.830. The first-order valence-corrected chi connectivity index (χ1v) is 6.67. The SMILES string of the molecule is Brc1ccc(NCc2cccc3[nH]ccc23)cc1. The summed E-state index contributed by atoms with van der Waals surface area (Å²) in [6.07, 6.45) is 1.98. The summed E-state index contributed by atoms with van der Waals surface area (Å²) in [4.78, 5) is 3.23. The van der Waals surface area contributed by atoms with Gasteiger partial charge in [-0.2, -0.15) is 0 Å². The van der Waals surface area contributed by atoms with Gasteiger partial charge in [-0.1, -0.05) is 28.1 Å². The first kappa shape index (κ1) is 11.4. The Bertz CT molecular complexity index is 656. The maximum Gasteiger partial charge on any atom is 0.0457 e. The Morgan fingerprint density at radius 1 is 1.00 bits per heavy atom. The van der Waals surface area contributed by atoms with Crippen molar-refractivity contribution in [2.75, 3.05) is 5.32 Å². The van der Waals surface area contributed by atoms with E-state index in [2.05, 4.69) is 62.6 Å². The minimum Gasteiger partial charge on any atom is -0.381 e. The highest BCUT2D eigenvalue weighted by molar-refractivity contribution is 9.10. The van der Waals surface area contributed by atoms with E-state index in [0.29, 0.717) is 0 Å². The third kappa shape index (κ3) is 2.27. The second kappa shape index (κ2) is 4.86. The smallest absolute Gasteiger partial charge is 0.0457 e. The van der Waals surface area contributed by atoms with Crippen molar-refractivity contribution in [2.24, 2.45) is 0 Å². The summed E-state index contributed by atoms with van der Waals surface area (Å²) in [6, 6.07) is 16.7. The van der Waals surface area contributed by atoms with Crippen LogP contribution in [-0.2, 0) is 6.54 Å². The Hall–Kier alpha value is -1.74. The fraction of sp³-hybridized carbons (Fsp3) is 0.0667. The molecular weight excluding hydrogens is 288 g/mol. The maximum absolute atomic E-state index is 3.44. The van der Waals surface area contributed by atoms with E-state index in [0.717, 1.165) is 16.7 Å². The van der Waals surface area contributed by atoms with E-state index in [4.69, 9.17) is 0 Å². The molecule has 0 fully saturated rings. The number of hydrogen-bond donors (Lipinski definition) is 2. The van der Waals surface area contributed by atoms with E-state index in [1.807, 2.05) is 18.3 Å². The lowest BCUT2D eigenvalue weighted by molar-refractivity contribution is 1.17. The van der Waals surface area contributed by atoms with Gasteiger partial charge in [0.05, 0.1) is 0 Å². The van der Waals surface area contributed by atoms with E-state index < -0.39 is 0 Å². The molecule has 0 saturated heterocycles. The lowest BCUT2D eigenvalue weighted by atomic mass is 10.1. The predicted molar refractivity (Wildman–Crippen MR) is 79.8 cm³/mol. The van der Waals surface area contributed by atoms with E-state index in [-0.39, 0.29) is 0 Å². The minimum atomic E-state index is 0.830. The minimum absolute atomic E-state index is 0.830. The summed E-state index contributed by atoms with van der Waals surface area (Å²) in [7, 11) is 0. The van der Waals surface area contributed by atoms with Crippen LogP contribution in [0.25, 0.3) is 10.9 Å². The quantitative estimate of drug-likeness (QED) is 0.730. The summed E-state index contributed by atoms with van der Waals surface area (Å²) in [5.41, 5.74) is 3.62. The number of rotatable bonds is 3. The van der Waals surface area contributed by atoms with Crippen LogP contribution in [0.15, 0.2) is 59.2 Å². The first-order valence-electron chi connectivity index (χ1n) is 5.87. The van der Waals surface area contributed by atoms with Crippen molar-refractivity contribution in [3.8, 4) is 0 Å². The van der Waals surface area contributed by atoms with Crippen LogP contribution in [0, 0.1) is 0 Å². The van der Waals surface area contributed by atoms with E-state index in [1.54, 1.807) is 0 Å². The third-order valence-corrected chi connectivity index (χ3v) is 3.54. The van der Waals surface area contributed by atoms with Gasteiger partial charge in [0.1, 0.15) is 0 Å². The molecule has 2 aromatic carbocycles. The Balaban J connectivity index is 1.80. The molecule has 0 radical (unpaired) electrons. The molecule has 2 N–H and O–H groups in total. The number of halogens is 1. The normalized spacial score (nSPS) is 10.7. The van der Waals surface area contributed by atoms with Crippen molar-refractivity contribution < 1.29 is 0 Å². The van der Waals surface area contributed by atoms with Crippen LogP contribution in [0.4, 0.5) is 5.69 Å². The highest BCUT2D eigenvalue weighted by Gasteiger charge is 2.01. The van der Waals surface area contributed by atoms with Crippen molar-refractivity contribution in [1.29, 1.82) is 0 Å². The molecule has 3 aromatic rings. The Labute approximate surface area is 114 Å². The number of aromatic nitrogens is 1. The predicted octanol–water partition coefficient (Wildman–Crippen LogP) is 4.54. The molecule has 0 amide bonds. The number of benzene rings is 2. The molecule has 90 valence electrons. The summed E-state index contributed by atoms with van der Waals surface area (Å²) in [5.74, 6) is 0. The molecule has 18 heavy (non-hydrogen) atoms. The second-order valence-electron chi connectivity index (χ2n) is 4.22. The summed E-state index contributed by atoms with van der Waals surface area (Å²) < 4.78 is 1.10. The van der Waals surface area contributed by atoms with Gasteiger partial charge in [0.25, 0.3) is 0 Å². The number of hydrogen-bond acceptors (Lipinski definition) is 1. The zero-order chi connectivity index (χ0) is 12.4. The molecule has 0 bridgehead atoms. The Morgan fingerprint density at radius 2 is 1.83 bits per heavy atom. The molecule has 0 aliphatic heterocycles. The molecule has 1 aromatic heterocycles. The van der Waals surface area contributed by atoms with Crippen molar-refractivity contribution in [3.05, 3.63) is 64.8 Å². The fourth-order valence-electron chi connectivity index (χ4n) is 2.07. The van der Waals surface area contributed by atoms with Crippen molar-refractivity contribution in [2.45, 2.75) is 6.54 Å². The van der Waals surface area contributed by atoms with Gasteiger partial charge >= 0.3 is 0 Å². The summed E-state index contributed by atoms with van der Waals surface area (Å²) in [5, 5.41) is 4.72. The number of aromatic amines is 1. The van der Waals surface area contributed by atoms with Gasteiger partial charge in [-0.25, -0.2) is 0 Å². The molecule has 3 rings (SSSR count). The third-order valence-electron chi connectivity index (χ3n) is 3.01. The van der Waals surface area contributed by atoms with Crippen molar-refractivity contribution in [1.82, 2.24) is 4.98 Å². The zero-order valence-electron chi connectivity index (χ0n) is 9.78. The van der Waals surface area contributed by atoms with Crippen molar-refractivity contribution >= 4 is 32.5 Å². The number of anilines is 1. The fourth-order valence-corrected chi connectivity index (χ4v) is 2.33. The van der Waals surface area contributed by atoms with Gasteiger partial charge in [-0.05, 0) is 42.0 Å². The molecule has 1 heterocycles. The van der Waals surface area contributed by atoms with Gasteiger partial charge in [0.15, 0.2) is 0 Å². The van der Waals surface area contributed by atoms with Crippen LogP contribution in [0.1, 0.15) is 5.56 Å². The van der Waals surface area contributed by atoms with Gasteiger partial charge in [-0.3, -0.25) is 0 Å².